The molecule has 1 aliphatic heterocycles. The molecule has 0 radical (unpaired) electrons. The number of alkyl halides is 1. The Morgan fingerprint density at radius 1 is 1.02 bits per heavy atom. The number of aromatic nitrogens is 1. The molecule has 10 heteroatoms. The lowest BCUT2D eigenvalue weighted by Crippen LogP contribution is -2.36. The Labute approximate surface area is 283 Å². The van der Waals surface area contributed by atoms with Crippen molar-refractivity contribution in [3.05, 3.63) is 100 Å². The van der Waals surface area contributed by atoms with Gasteiger partial charge < -0.3 is 24.1 Å². The summed E-state index contributed by atoms with van der Waals surface area (Å²) in [6.45, 7) is 7.33. The Bertz CT molecular complexity index is 1870. The molecule has 6 rings (SSSR count). The molecule has 1 fully saturated rings. The van der Waals surface area contributed by atoms with Crippen molar-refractivity contribution in [1.82, 2.24) is 4.57 Å². The van der Waals surface area contributed by atoms with E-state index >= 15 is 0 Å². The number of fused-ring (bicyclic) bond motifs is 3. The van der Waals surface area contributed by atoms with E-state index < -0.39 is 6.29 Å². The van der Waals surface area contributed by atoms with E-state index in [2.05, 4.69) is 27.6 Å². The zero-order valence-corrected chi connectivity index (χ0v) is 28.1. The van der Waals surface area contributed by atoms with Gasteiger partial charge in [-0.1, -0.05) is 23.4 Å². The number of aryl methyl sites for hydroxylation is 1. The van der Waals surface area contributed by atoms with Gasteiger partial charge in [0.1, 0.15) is 5.71 Å². The topological polar surface area (TPSA) is 93.4 Å². The van der Waals surface area contributed by atoms with Gasteiger partial charge in [0.05, 0.1) is 18.6 Å². The maximum absolute atomic E-state index is 13.8. The van der Waals surface area contributed by atoms with Crippen molar-refractivity contribution in [3.63, 3.8) is 0 Å². The Morgan fingerprint density at radius 2 is 1.68 bits per heavy atom. The Kier molecular flexibility index (Phi) is 10.5. The molecule has 8 nitrogen and oxygen atoms in total. The van der Waals surface area contributed by atoms with Gasteiger partial charge in [0.25, 0.3) is 0 Å². The fraction of sp³-hybridized carbons (Fsp3) is 0.324. The van der Waals surface area contributed by atoms with E-state index in [4.69, 9.17) is 21.2 Å². The lowest BCUT2D eigenvalue weighted by molar-refractivity contribution is -0.0837. The average Bonchev–Trinajstić information content (AvgIpc) is 3.42. The van der Waals surface area contributed by atoms with Gasteiger partial charge in [-0.2, -0.15) is 0 Å². The summed E-state index contributed by atoms with van der Waals surface area (Å²) in [5, 5.41) is 15.5. The molecule has 0 amide bonds. The number of allylic oxidation sites excluding steroid dienone is 3. The fourth-order valence-electron chi connectivity index (χ4n) is 5.99. The average molecular weight is 672 g/mol. The third-order valence-electron chi connectivity index (χ3n) is 8.41. The molecule has 47 heavy (non-hydrogen) atoms. The first kappa shape index (κ1) is 33.0. The summed E-state index contributed by atoms with van der Waals surface area (Å²) >= 11 is 7.77. The minimum Gasteiger partial charge on any atom is -0.378 e. The summed E-state index contributed by atoms with van der Waals surface area (Å²) < 4.78 is 7.65. The van der Waals surface area contributed by atoms with Gasteiger partial charge >= 0.3 is 0 Å². The lowest BCUT2D eigenvalue weighted by atomic mass is 9.99. The van der Waals surface area contributed by atoms with Crippen molar-refractivity contribution in [1.29, 1.82) is 0 Å². The van der Waals surface area contributed by atoms with Crippen molar-refractivity contribution in [3.8, 4) is 0 Å². The number of nitrogens with zero attached hydrogens (tertiary/aromatic N) is 3. The zero-order valence-electron chi connectivity index (χ0n) is 26.5. The summed E-state index contributed by atoms with van der Waals surface area (Å²) in [5.74, 6) is 0.275. The van der Waals surface area contributed by atoms with Crippen LogP contribution in [0.5, 0.6) is 0 Å². The molecule has 0 bridgehead atoms. The first-order chi connectivity index (χ1) is 22.8. The fourth-order valence-corrected chi connectivity index (χ4v) is 7.08. The third kappa shape index (κ3) is 7.49. The molecule has 1 N–H and O–H groups in total. The summed E-state index contributed by atoms with van der Waals surface area (Å²) in [7, 11) is 0. The quantitative estimate of drug-likeness (QED) is 0.0554. The number of aliphatic hydroxyl groups excluding tert-OH is 1. The highest BCUT2D eigenvalue weighted by Crippen LogP contribution is 2.32. The van der Waals surface area contributed by atoms with Crippen LogP contribution in [0.4, 0.5) is 5.69 Å². The predicted molar refractivity (Wildman–Crippen MR) is 191 cm³/mol. The molecule has 0 saturated carbocycles. The van der Waals surface area contributed by atoms with Crippen molar-refractivity contribution < 1.29 is 24.3 Å². The lowest BCUT2D eigenvalue weighted by Gasteiger charge is -2.28. The van der Waals surface area contributed by atoms with Crippen LogP contribution >= 0.6 is 23.4 Å². The number of aliphatic hydroxyl groups is 1. The van der Waals surface area contributed by atoms with E-state index in [1.54, 1.807) is 17.8 Å². The molecule has 2 unspecified atom stereocenters. The van der Waals surface area contributed by atoms with Crippen LogP contribution in [0.25, 0.3) is 21.8 Å². The van der Waals surface area contributed by atoms with Gasteiger partial charge in [0.2, 0.25) is 12.1 Å². The Morgan fingerprint density at radius 3 is 2.32 bits per heavy atom. The number of carbonyl (C=O) groups excluding carboxylic acids is 2. The number of rotatable bonds is 12. The van der Waals surface area contributed by atoms with Crippen LogP contribution in [0, 0.1) is 0 Å². The number of halogens is 1. The normalized spacial score (nSPS) is 17.6. The molecule has 2 aliphatic rings. The van der Waals surface area contributed by atoms with Crippen molar-refractivity contribution in [2.75, 3.05) is 37.0 Å². The molecule has 2 heterocycles. The SMILES string of the molecule is CCn1c2ccc(C(=O)/C(CCSC3=CCC(Cl)C=C3)=N/OC(C)O)cc2c2cc(C(=O)c3ccc(N4CCOCC4)cc3)ccc21. The van der Waals surface area contributed by atoms with Crippen molar-refractivity contribution >= 4 is 68.1 Å². The van der Waals surface area contributed by atoms with E-state index in [1.165, 1.54) is 6.92 Å². The number of thioether (sulfide) groups is 1. The van der Waals surface area contributed by atoms with E-state index in [0.29, 0.717) is 42.1 Å². The van der Waals surface area contributed by atoms with Crippen LogP contribution in [0.1, 0.15) is 53.0 Å². The number of oxime groups is 1. The number of hydrogen-bond acceptors (Lipinski definition) is 8. The Hall–Kier alpha value is -3.89. The second kappa shape index (κ2) is 14.9. The maximum Gasteiger partial charge on any atom is 0.221 e. The molecule has 1 aromatic heterocycles. The molecule has 2 atom stereocenters. The van der Waals surface area contributed by atoms with Gasteiger partial charge in [-0.15, -0.1) is 23.4 Å². The molecule has 244 valence electrons. The van der Waals surface area contributed by atoms with Crippen LogP contribution in [0.15, 0.2) is 89.0 Å². The first-order valence-corrected chi connectivity index (χ1v) is 17.4. The summed E-state index contributed by atoms with van der Waals surface area (Å²) in [6.07, 6.45) is 6.02. The molecule has 3 aromatic carbocycles. The minimum atomic E-state index is -1.15. The standard InChI is InChI=1S/C37H38ClN3O5S/c1-3-41-34-14-6-26(36(43)25-4-10-29(11-5-25)40-17-19-45-20-18-40)22-31(34)32-23-27(7-15-35(32)41)37(44)33(39-46-24(2)42)16-21-47-30-12-8-28(38)9-13-30/h4-8,10-15,22-24,28,42H,3,9,16-21H2,1-2H3/b39-33+. The number of carbonyl (C=O) groups is 2. The predicted octanol–water partition coefficient (Wildman–Crippen LogP) is 7.35. The highest BCUT2D eigenvalue weighted by molar-refractivity contribution is 8.03. The van der Waals surface area contributed by atoms with Crippen molar-refractivity contribution in [2.45, 2.75) is 44.9 Å². The smallest absolute Gasteiger partial charge is 0.221 e. The molecule has 4 aromatic rings. The number of ether oxygens (including phenoxy) is 1. The van der Waals surface area contributed by atoms with Crippen molar-refractivity contribution in [2.24, 2.45) is 5.16 Å². The molecule has 1 aliphatic carbocycles. The van der Waals surface area contributed by atoms with E-state index in [9.17, 15) is 14.7 Å². The number of ketones is 2. The van der Waals surface area contributed by atoms with Crippen LogP contribution in [-0.2, 0) is 16.1 Å². The summed E-state index contributed by atoms with van der Waals surface area (Å²) in [4.78, 5) is 36.0. The first-order valence-electron chi connectivity index (χ1n) is 16.0. The van der Waals surface area contributed by atoms with Gasteiger partial charge in [0, 0.05) is 87.8 Å². The summed E-state index contributed by atoms with van der Waals surface area (Å²) in [5.41, 5.74) is 4.93. The Balaban J connectivity index is 1.28. The largest absolute Gasteiger partial charge is 0.378 e. The highest BCUT2D eigenvalue weighted by Gasteiger charge is 2.20. The van der Waals surface area contributed by atoms with Gasteiger partial charge in [0.15, 0.2) is 5.78 Å². The van der Waals surface area contributed by atoms with Crippen LogP contribution in [0.3, 0.4) is 0 Å². The molecular weight excluding hydrogens is 634 g/mol. The van der Waals surface area contributed by atoms with E-state index in [1.807, 2.05) is 66.7 Å². The van der Waals surface area contributed by atoms with E-state index in [0.717, 1.165) is 58.5 Å². The number of Topliss-reactive ketones (excluding diaryl/α,β-unsaturated/α-hetero) is 1. The van der Waals surface area contributed by atoms with Crippen LogP contribution in [0.2, 0.25) is 0 Å². The van der Waals surface area contributed by atoms with Crippen LogP contribution < -0.4 is 4.90 Å². The zero-order chi connectivity index (χ0) is 32.9. The summed E-state index contributed by atoms with van der Waals surface area (Å²) in [6, 6.07) is 19.2. The second-order valence-corrected chi connectivity index (χ2v) is 13.3. The maximum atomic E-state index is 13.8. The van der Waals surface area contributed by atoms with Gasteiger partial charge in [-0.25, -0.2) is 0 Å². The van der Waals surface area contributed by atoms with Gasteiger partial charge in [-0.05, 0) is 74.0 Å². The highest BCUT2D eigenvalue weighted by atomic mass is 35.5. The monoisotopic (exact) mass is 671 g/mol. The number of anilines is 1. The minimum absolute atomic E-state index is 0.00684. The molecule has 1 saturated heterocycles. The molecular formula is C37H38ClN3O5S. The number of benzene rings is 3. The number of morpholine rings is 1. The second-order valence-electron chi connectivity index (χ2n) is 11.6. The third-order valence-corrected chi connectivity index (χ3v) is 9.78. The number of hydrogen-bond donors (Lipinski definition) is 1. The van der Waals surface area contributed by atoms with E-state index in [-0.39, 0.29) is 22.7 Å². The van der Waals surface area contributed by atoms with Gasteiger partial charge in [-0.3, -0.25) is 9.59 Å². The molecule has 0 spiro atoms. The van der Waals surface area contributed by atoms with Crippen LogP contribution in [-0.4, -0.2) is 70.7 Å².